The van der Waals surface area contributed by atoms with Crippen molar-refractivity contribution in [3.05, 3.63) is 182 Å². The van der Waals surface area contributed by atoms with Crippen molar-refractivity contribution in [2.45, 2.75) is 33.2 Å². The van der Waals surface area contributed by atoms with Gasteiger partial charge in [-0.3, -0.25) is 0 Å². The number of rotatable bonds is 8. The van der Waals surface area contributed by atoms with Crippen LogP contribution >= 0.6 is 0 Å². The Kier molecular flexibility index (Phi) is 12.4. The predicted molar refractivity (Wildman–Crippen MR) is 231 cm³/mol. The normalized spacial score (nSPS) is 11.2. The molecule has 0 saturated heterocycles. The van der Waals surface area contributed by atoms with E-state index in [1.807, 2.05) is 100 Å². The first-order valence-corrected chi connectivity index (χ1v) is 20.2. The van der Waals surface area contributed by atoms with Gasteiger partial charge in [-0.1, -0.05) is 161 Å². The minimum absolute atomic E-state index is 0.274. The van der Waals surface area contributed by atoms with Crippen LogP contribution < -0.4 is 9.08 Å². The molecule has 0 unspecified atom stereocenters. The predicted octanol–water partition coefficient (Wildman–Crippen LogP) is 14.7. The quantitative estimate of drug-likeness (QED) is 0.0875. The van der Waals surface area contributed by atoms with Gasteiger partial charge in [0.25, 0.3) is 0 Å². The Labute approximate surface area is 332 Å². The van der Waals surface area contributed by atoms with Gasteiger partial charge >= 0.3 is 15.6 Å². The molecule has 0 aromatic heterocycles. The standard InChI is InChI=1S/C45H30F3NO3S.2C2H6/c46-45(47,48)53(50,51)52-43-30-29-40(42-28-21-35-13-7-8-14-41(35)44(42)43)36-19-26-39(27-20-36)49(37-22-15-33(16-23-37)31-9-3-1-4-10-31)38-24-17-34(18-25-38)32-11-5-2-6-12-32;2*1-2/h1-30H;2*1-2H3. The lowest BCUT2D eigenvalue weighted by Gasteiger charge is -2.26. The largest absolute Gasteiger partial charge is 0.534 e. The Morgan fingerprint density at radius 2 is 0.860 bits per heavy atom. The lowest BCUT2D eigenvalue weighted by molar-refractivity contribution is -0.0499. The van der Waals surface area contributed by atoms with Crippen molar-refractivity contribution < 1.29 is 25.8 Å². The molecule has 0 aliphatic heterocycles. The summed E-state index contributed by atoms with van der Waals surface area (Å²) in [5.41, 5.74) is 3.15. The van der Waals surface area contributed by atoms with E-state index in [0.717, 1.165) is 50.3 Å². The number of nitrogens with zero attached hydrogens (tertiary/aromatic N) is 1. The van der Waals surface area contributed by atoms with E-state index < -0.39 is 21.4 Å². The Morgan fingerprint density at radius 1 is 0.439 bits per heavy atom. The topological polar surface area (TPSA) is 46.6 Å². The minimum atomic E-state index is -5.90. The highest BCUT2D eigenvalue weighted by molar-refractivity contribution is 7.88. The molecule has 0 amide bonds. The fraction of sp³-hybridized carbons (Fsp3) is 0.102. The molecule has 0 aliphatic carbocycles. The Hall–Kier alpha value is -6.38. The van der Waals surface area contributed by atoms with Crippen molar-refractivity contribution in [1.82, 2.24) is 0 Å². The van der Waals surface area contributed by atoms with Gasteiger partial charge in [-0.25, -0.2) is 0 Å². The zero-order valence-corrected chi connectivity index (χ0v) is 32.9. The van der Waals surface area contributed by atoms with Crippen LogP contribution in [0.4, 0.5) is 30.2 Å². The summed E-state index contributed by atoms with van der Waals surface area (Å²) in [6.45, 7) is 8.00. The van der Waals surface area contributed by atoms with E-state index in [1.54, 1.807) is 30.3 Å². The maximum Gasteiger partial charge on any atom is 0.534 e. The van der Waals surface area contributed by atoms with Crippen molar-refractivity contribution in [3.8, 4) is 39.1 Å². The number of fused-ring (bicyclic) bond motifs is 3. The first-order valence-electron chi connectivity index (χ1n) is 18.8. The maximum atomic E-state index is 13.4. The van der Waals surface area contributed by atoms with Gasteiger partial charge in [-0.15, -0.1) is 0 Å². The smallest absolute Gasteiger partial charge is 0.375 e. The van der Waals surface area contributed by atoms with E-state index in [9.17, 15) is 21.6 Å². The van der Waals surface area contributed by atoms with Gasteiger partial charge in [-0.2, -0.15) is 21.6 Å². The molecule has 8 rings (SSSR count). The van der Waals surface area contributed by atoms with Crippen LogP contribution in [-0.4, -0.2) is 13.9 Å². The van der Waals surface area contributed by atoms with Crippen molar-refractivity contribution in [3.63, 3.8) is 0 Å². The molecule has 0 N–H and O–H groups in total. The molecular weight excluding hydrogens is 740 g/mol. The summed E-state index contributed by atoms with van der Waals surface area (Å²) >= 11 is 0. The van der Waals surface area contributed by atoms with Crippen LogP contribution in [0.15, 0.2) is 182 Å². The number of halogens is 3. The van der Waals surface area contributed by atoms with Gasteiger partial charge in [0.05, 0.1) is 0 Å². The van der Waals surface area contributed by atoms with Gasteiger partial charge in [0, 0.05) is 22.4 Å². The lowest BCUT2D eigenvalue weighted by Crippen LogP contribution is -2.28. The summed E-state index contributed by atoms with van der Waals surface area (Å²) in [7, 11) is -5.90. The van der Waals surface area contributed by atoms with Crippen LogP contribution in [0.5, 0.6) is 5.75 Å². The maximum absolute atomic E-state index is 13.4. The Balaban J connectivity index is 0.00000133. The third kappa shape index (κ3) is 8.56. The SMILES string of the molecule is CC.CC.O=S(=O)(Oc1ccc(-c2ccc(N(c3ccc(-c4ccccc4)cc3)c3ccc(-c4ccccc4)cc3)cc2)c2ccc3ccccc3c12)C(F)(F)F. The minimum Gasteiger partial charge on any atom is -0.375 e. The molecule has 57 heavy (non-hydrogen) atoms. The number of benzene rings is 8. The molecule has 0 atom stereocenters. The van der Waals surface area contributed by atoms with Crippen molar-refractivity contribution in [2.75, 3.05) is 4.90 Å². The van der Waals surface area contributed by atoms with E-state index in [0.29, 0.717) is 16.3 Å². The molecule has 0 fully saturated rings. The average molecular weight is 782 g/mol. The van der Waals surface area contributed by atoms with Crippen LogP contribution in [-0.2, 0) is 10.1 Å². The third-order valence-electron chi connectivity index (χ3n) is 9.25. The summed E-state index contributed by atoms with van der Waals surface area (Å²) in [4.78, 5) is 2.16. The monoisotopic (exact) mass is 781 g/mol. The first kappa shape index (κ1) is 40.3. The molecule has 0 spiro atoms. The van der Waals surface area contributed by atoms with E-state index in [4.69, 9.17) is 4.18 Å². The highest BCUT2D eigenvalue weighted by Crippen LogP contribution is 2.42. The highest BCUT2D eigenvalue weighted by atomic mass is 32.2. The number of alkyl halides is 3. The van der Waals surface area contributed by atoms with Crippen LogP contribution in [0, 0.1) is 0 Å². The number of hydrogen-bond donors (Lipinski definition) is 0. The first-order chi connectivity index (χ1) is 27.7. The summed E-state index contributed by atoms with van der Waals surface area (Å²) in [6, 6.07) is 58.7. The third-order valence-corrected chi connectivity index (χ3v) is 10.2. The lowest BCUT2D eigenvalue weighted by atomic mass is 9.94. The van der Waals surface area contributed by atoms with Gasteiger partial charge in [0.2, 0.25) is 0 Å². The molecule has 0 bridgehead atoms. The second-order valence-electron chi connectivity index (χ2n) is 12.5. The van der Waals surface area contributed by atoms with E-state index in [1.165, 1.54) is 6.07 Å². The van der Waals surface area contributed by atoms with Crippen LogP contribution in [0.1, 0.15) is 27.7 Å². The molecule has 8 heteroatoms. The molecule has 4 nitrogen and oxygen atoms in total. The summed E-state index contributed by atoms with van der Waals surface area (Å²) in [6.07, 6.45) is 0. The van der Waals surface area contributed by atoms with E-state index in [2.05, 4.69) is 77.7 Å². The number of hydrogen-bond acceptors (Lipinski definition) is 4. The van der Waals surface area contributed by atoms with Crippen LogP contribution in [0.25, 0.3) is 54.9 Å². The molecule has 288 valence electrons. The molecule has 8 aromatic rings. The zero-order chi connectivity index (χ0) is 40.6. The van der Waals surface area contributed by atoms with Crippen molar-refractivity contribution >= 4 is 48.7 Å². The Morgan fingerprint density at radius 3 is 1.33 bits per heavy atom. The average Bonchev–Trinajstić information content (AvgIpc) is 3.26. The van der Waals surface area contributed by atoms with E-state index >= 15 is 0 Å². The molecule has 0 saturated carbocycles. The fourth-order valence-electron chi connectivity index (χ4n) is 6.68. The highest BCUT2D eigenvalue weighted by Gasteiger charge is 2.48. The molecule has 0 heterocycles. The zero-order valence-electron chi connectivity index (χ0n) is 32.0. The van der Waals surface area contributed by atoms with Crippen molar-refractivity contribution in [2.24, 2.45) is 0 Å². The molecular formula is C49H42F3NO3S. The van der Waals surface area contributed by atoms with Gasteiger partial charge in [0.15, 0.2) is 5.75 Å². The molecule has 8 aromatic carbocycles. The van der Waals surface area contributed by atoms with Gasteiger partial charge in [0.1, 0.15) is 0 Å². The van der Waals surface area contributed by atoms with Gasteiger partial charge < -0.3 is 9.08 Å². The second kappa shape index (κ2) is 17.6. The molecule has 0 radical (unpaired) electrons. The summed E-state index contributed by atoms with van der Waals surface area (Å²) < 4.78 is 69.2. The van der Waals surface area contributed by atoms with Crippen LogP contribution in [0.3, 0.4) is 0 Å². The van der Waals surface area contributed by atoms with Crippen LogP contribution in [0.2, 0.25) is 0 Å². The Bertz CT molecular complexity index is 2580. The summed E-state index contributed by atoms with van der Waals surface area (Å²) in [5.74, 6) is -0.390. The number of anilines is 3. The van der Waals surface area contributed by atoms with Crippen molar-refractivity contribution in [1.29, 1.82) is 0 Å². The fourth-order valence-corrected chi connectivity index (χ4v) is 7.15. The second-order valence-corrected chi connectivity index (χ2v) is 14.0. The van der Waals surface area contributed by atoms with Gasteiger partial charge in [-0.05, 0) is 98.1 Å². The van der Waals surface area contributed by atoms with E-state index in [-0.39, 0.29) is 5.39 Å². The summed E-state index contributed by atoms with van der Waals surface area (Å²) in [5, 5.41) is 2.13. The molecule has 0 aliphatic rings.